The lowest BCUT2D eigenvalue weighted by Gasteiger charge is -2.29. The Balaban J connectivity index is 1.85. The first-order valence-electron chi connectivity index (χ1n) is 8.42. The molecule has 0 radical (unpaired) electrons. The minimum atomic E-state index is -4.56. The maximum absolute atomic E-state index is 12.4. The van der Waals surface area contributed by atoms with Crippen molar-refractivity contribution in [2.45, 2.75) is 38.3 Å². The van der Waals surface area contributed by atoms with Crippen molar-refractivity contribution in [2.75, 3.05) is 13.2 Å². The van der Waals surface area contributed by atoms with Crippen molar-refractivity contribution in [3.8, 4) is 0 Å². The molecule has 0 saturated heterocycles. The number of hydrogen-bond acceptors (Lipinski definition) is 3. The third-order valence-electron chi connectivity index (χ3n) is 4.34. The Kier molecular flexibility index (Phi) is 6.84. The molecule has 1 aromatic carbocycles. The van der Waals surface area contributed by atoms with Gasteiger partial charge in [-0.15, -0.1) is 0 Å². The second kappa shape index (κ2) is 8.87. The van der Waals surface area contributed by atoms with Crippen LogP contribution in [0.3, 0.4) is 0 Å². The number of carbonyl (C=O) groups excluding carboxylic acids is 2. The predicted octanol–water partition coefficient (Wildman–Crippen LogP) is 3.26. The van der Waals surface area contributed by atoms with Crippen molar-refractivity contribution >= 4 is 11.9 Å². The highest BCUT2D eigenvalue weighted by atomic mass is 19.4. The second-order valence-electron chi connectivity index (χ2n) is 6.25. The van der Waals surface area contributed by atoms with Crippen molar-refractivity contribution in [1.82, 2.24) is 5.32 Å². The van der Waals surface area contributed by atoms with Gasteiger partial charge in [-0.25, -0.2) is 0 Å². The zero-order valence-corrected chi connectivity index (χ0v) is 13.8. The zero-order chi connectivity index (χ0) is 18.3. The SMILES string of the molecule is O=C(NCCc1ccccc1)[C@H]1CCCC[C@H]1C(=O)OCC(F)(F)F. The number of rotatable bonds is 6. The molecule has 4 nitrogen and oxygen atoms in total. The van der Waals surface area contributed by atoms with Crippen molar-refractivity contribution in [3.05, 3.63) is 35.9 Å². The molecule has 1 N–H and O–H groups in total. The molecular formula is C18H22F3NO3. The summed E-state index contributed by atoms with van der Waals surface area (Å²) in [5.74, 6) is -2.64. The smallest absolute Gasteiger partial charge is 0.422 e. The predicted molar refractivity (Wildman–Crippen MR) is 85.6 cm³/mol. The van der Waals surface area contributed by atoms with Gasteiger partial charge in [-0.2, -0.15) is 13.2 Å². The summed E-state index contributed by atoms with van der Waals surface area (Å²) in [4.78, 5) is 24.3. The van der Waals surface area contributed by atoms with E-state index in [1.54, 1.807) is 0 Å². The van der Waals surface area contributed by atoms with Crippen molar-refractivity contribution in [2.24, 2.45) is 11.8 Å². The monoisotopic (exact) mass is 357 g/mol. The number of hydrogen-bond donors (Lipinski definition) is 1. The van der Waals surface area contributed by atoms with Gasteiger partial charge in [-0.05, 0) is 24.8 Å². The number of halogens is 3. The summed E-state index contributed by atoms with van der Waals surface area (Å²) in [6, 6.07) is 9.62. The van der Waals surface area contributed by atoms with E-state index < -0.39 is 30.6 Å². The van der Waals surface area contributed by atoms with E-state index >= 15 is 0 Å². The zero-order valence-electron chi connectivity index (χ0n) is 13.8. The van der Waals surface area contributed by atoms with Crippen LogP contribution in [-0.2, 0) is 20.7 Å². The highest BCUT2D eigenvalue weighted by molar-refractivity contribution is 5.85. The third kappa shape index (κ3) is 6.40. The largest absolute Gasteiger partial charge is 0.456 e. The van der Waals surface area contributed by atoms with Gasteiger partial charge in [0.05, 0.1) is 11.8 Å². The first-order chi connectivity index (χ1) is 11.9. The number of nitrogens with one attached hydrogen (secondary N) is 1. The quantitative estimate of drug-likeness (QED) is 0.795. The molecule has 0 heterocycles. The Bertz CT molecular complexity index is 575. The van der Waals surface area contributed by atoms with Crippen LogP contribution in [0.15, 0.2) is 30.3 Å². The number of ether oxygens (including phenoxy) is 1. The molecule has 1 aliphatic carbocycles. The molecule has 2 atom stereocenters. The molecule has 0 aromatic heterocycles. The molecule has 1 aliphatic rings. The van der Waals surface area contributed by atoms with Crippen molar-refractivity contribution < 1.29 is 27.5 Å². The Morgan fingerprint density at radius 2 is 1.72 bits per heavy atom. The maximum Gasteiger partial charge on any atom is 0.422 e. The van der Waals surface area contributed by atoms with E-state index in [1.807, 2.05) is 30.3 Å². The highest BCUT2D eigenvalue weighted by Gasteiger charge is 2.38. The number of esters is 1. The van der Waals surface area contributed by atoms with Crippen LogP contribution in [-0.4, -0.2) is 31.2 Å². The molecule has 138 valence electrons. The summed E-state index contributed by atoms with van der Waals surface area (Å²) in [6.07, 6.45) is -1.55. The molecule has 0 spiro atoms. The van der Waals surface area contributed by atoms with Crippen molar-refractivity contribution in [3.63, 3.8) is 0 Å². The van der Waals surface area contributed by atoms with Gasteiger partial charge in [0.15, 0.2) is 6.61 Å². The van der Waals surface area contributed by atoms with Crippen LogP contribution in [0.2, 0.25) is 0 Å². The minimum absolute atomic E-state index is 0.287. The highest BCUT2D eigenvalue weighted by Crippen LogP contribution is 2.31. The van der Waals surface area contributed by atoms with Crippen LogP contribution in [0.5, 0.6) is 0 Å². The molecule has 0 bridgehead atoms. The molecule has 7 heteroatoms. The molecule has 1 fully saturated rings. The average Bonchev–Trinajstić information content (AvgIpc) is 2.60. The van der Waals surface area contributed by atoms with E-state index in [4.69, 9.17) is 0 Å². The summed E-state index contributed by atoms with van der Waals surface area (Å²) in [5.41, 5.74) is 1.08. The summed E-state index contributed by atoms with van der Waals surface area (Å²) in [5, 5.41) is 2.79. The van der Waals surface area contributed by atoms with Gasteiger partial charge in [-0.3, -0.25) is 9.59 Å². The standard InChI is InChI=1S/C18H22F3NO3/c19-18(20,21)12-25-17(24)15-9-5-4-8-14(15)16(23)22-11-10-13-6-2-1-3-7-13/h1-3,6-7,14-15H,4-5,8-12H2,(H,22,23)/t14-,15+/m0/s1. The number of amides is 1. The molecule has 1 amide bonds. The fraction of sp³-hybridized carbons (Fsp3) is 0.556. The van der Waals surface area contributed by atoms with Crippen LogP contribution < -0.4 is 5.32 Å². The Morgan fingerprint density at radius 1 is 1.08 bits per heavy atom. The summed E-state index contributed by atoms with van der Waals surface area (Å²) in [7, 11) is 0. The van der Waals surface area contributed by atoms with E-state index in [0.717, 1.165) is 12.0 Å². The van der Waals surface area contributed by atoms with Gasteiger partial charge in [-0.1, -0.05) is 43.2 Å². The summed E-state index contributed by atoms with van der Waals surface area (Å²) in [6.45, 7) is -1.19. The fourth-order valence-corrected chi connectivity index (χ4v) is 3.09. The van der Waals surface area contributed by atoms with Gasteiger partial charge in [0.1, 0.15) is 0 Å². The summed E-state index contributed by atoms with van der Waals surface area (Å²) < 4.78 is 41.0. The fourth-order valence-electron chi connectivity index (χ4n) is 3.09. The van der Waals surface area contributed by atoms with Crippen LogP contribution in [0.4, 0.5) is 13.2 Å². The van der Waals surface area contributed by atoms with Gasteiger partial charge < -0.3 is 10.1 Å². The molecule has 2 rings (SSSR count). The van der Waals surface area contributed by atoms with Gasteiger partial charge in [0.25, 0.3) is 0 Å². The van der Waals surface area contributed by atoms with E-state index in [0.29, 0.717) is 32.2 Å². The lowest BCUT2D eigenvalue weighted by Crippen LogP contribution is -2.41. The Morgan fingerprint density at radius 3 is 2.36 bits per heavy atom. The van der Waals surface area contributed by atoms with Crippen molar-refractivity contribution in [1.29, 1.82) is 0 Å². The van der Waals surface area contributed by atoms with Gasteiger partial charge >= 0.3 is 12.1 Å². The van der Waals surface area contributed by atoms with E-state index in [1.165, 1.54) is 0 Å². The Hall–Kier alpha value is -2.05. The first kappa shape index (κ1) is 19.3. The summed E-state index contributed by atoms with van der Waals surface area (Å²) >= 11 is 0. The van der Waals surface area contributed by atoms with Gasteiger partial charge in [0.2, 0.25) is 5.91 Å². The molecule has 25 heavy (non-hydrogen) atoms. The molecule has 1 aromatic rings. The van der Waals surface area contributed by atoms with E-state index in [-0.39, 0.29) is 5.91 Å². The van der Waals surface area contributed by atoms with E-state index in [2.05, 4.69) is 10.1 Å². The number of alkyl halides is 3. The first-order valence-corrected chi connectivity index (χ1v) is 8.42. The topological polar surface area (TPSA) is 55.4 Å². The van der Waals surface area contributed by atoms with Crippen LogP contribution in [0, 0.1) is 11.8 Å². The second-order valence-corrected chi connectivity index (χ2v) is 6.25. The van der Waals surface area contributed by atoms with Crippen LogP contribution in [0.1, 0.15) is 31.2 Å². The third-order valence-corrected chi connectivity index (χ3v) is 4.34. The molecule has 0 aliphatic heterocycles. The molecule has 1 saturated carbocycles. The minimum Gasteiger partial charge on any atom is -0.456 e. The Labute approximate surface area is 144 Å². The molecular weight excluding hydrogens is 335 g/mol. The lowest BCUT2D eigenvalue weighted by molar-refractivity contribution is -0.191. The molecule has 0 unspecified atom stereocenters. The number of carbonyl (C=O) groups is 2. The lowest BCUT2D eigenvalue weighted by atomic mass is 9.78. The average molecular weight is 357 g/mol. The van der Waals surface area contributed by atoms with Crippen LogP contribution in [0.25, 0.3) is 0 Å². The number of benzene rings is 1. The van der Waals surface area contributed by atoms with Crippen LogP contribution >= 0.6 is 0 Å². The van der Waals surface area contributed by atoms with E-state index in [9.17, 15) is 22.8 Å². The normalized spacial score (nSPS) is 20.8. The maximum atomic E-state index is 12.4. The van der Waals surface area contributed by atoms with Gasteiger partial charge in [0, 0.05) is 6.54 Å².